The Kier molecular flexibility index (Phi) is 10.8. The quantitative estimate of drug-likeness (QED) is 0.295. The first-order chi connectivity index (χ1) is 11.6. The average Bonchev–Trinajstić information content (AvgIpc) is 2.59. The molecule has 0 saturated carbocycles. The standard InChI is InChI=1S/C21H34N2O/c1-4-5-6-7-8-9-10-11-12-13-21(24)23-22-19(3)20-16-14-18(2)15-17-20/h14-17H,4-13H2,1-3H3,(H,23,24)/b22-19+. The molecule has 24 heavy (non-hydrogen) atoms. The number of rotatable bonds is 12. The van der Waals surface area contributed by atoms with E-state index in [0.717, 1.165) is 24.1 Å². The molecular formula is C21H34N2O. The minimum absolute atomic E-state index is 0.0180. The van der Waals surface area contributed by atoms with Crippen molar-refractivity contribution in [2.75, 3.05) is 0 Å². The van der Waals surface area contributed by atoms with Crippen LogP contribution >= 0.6 is 0 Å². The predicted molar refractivity (Wildman–Crippen MR) is 103 cm³/mol. The van der Waals surface area contributed by atoms with Crippen LogP contribution in [0.5, 0.6) is 0 Å². The molecule has 1 N–H and O–H groups in total. The zero-order chi connectivity index (χ0) is 17.6. The van der Waals surface area contributed by atoms with Gasteiger partial charge in [0.2, 0.25) is 5.91 Å². The van der Waals surface area contributed by atoms with E-state index in [1.807, 2.05) is 19.1 Å². The molecule has 0 unspecified atom stereocenters. The van der Waals surface area contributed by atoms with Gasteiger partial charge in [0.25, 0.3) is 0 Å². The molecule has 1 rings (SSSR count). The van der Waals surface area contributed by atoms with E-state index in [-0.39, 0.29) is 5.91 Å². The fraction of sp³-hybridized carbons (Fsp3) is 0.619. The summed E-state index contributed by atoms with van der Waals surface area (Å²) in [4.78, 5) is 11.8. The van der Waals surface area contributed by atoms with Crippen LogP contribution in [0.15, 0.2) is 29.4 Å². The van der Waals surface area contributed by atoms with Gasteiger partial charge >= 0.3 is 0 Å². The monoisotopic (exact) mass is 330 g/mol. The highest BCUT2D eigenvalue weighted by atomic mass is 16.2. The van der Waals surface area contributed by atoms with Gasteiger partial charge in [-0.25, -0.2) is 5.43 Å². The number of hydrogen-bond acceptors (Lipinski definition) is 2. The van der Waals surface area contributed by atoms with Crippen molar-refractivity contribution < 1.29 is 4.79 Å². The second kappa shape index (κ2) is 12.7. The summed E-state index contributed by atoms with van der Waals surface area (Å²) in [5, 5.41) is 4.20. The molecule has 0 fully saturated rings. The molecule has 0 radical (unpaired) electrons. The maximum atomic E-state index is 11.8. The van der Waals surface area contributed by atoms with Crippen molar-refractivity contribution in [3.05, 3.63) is 35.4 Å². The highest BCUT2D eigenvalue weighted by Gasteiger charge is 2.01. The van der Waals surface area contributed by atoms with Crippen molar-refractivity contribution in [2.45, 2.75) is 85.0 Å². The van der Waals surface area contributed by atoms with E-state index in [1.165, 1.54) is 50.5 Å². The van der Waals surface area contributed by atoms with Crippen LogP contribution in [0, 0.1) is 6.92 Å². The lowest BCUT2D eigenvalue weighted by atomic mass is 10.1. The SMILES string of the molecule is CCCCCCCCCCCC(=O)N/N=C(\C)c1ccc(C)cc1. The van der Waals surface area contributed by atoms with Gasteiger partial charge in [-0.05, 0) is 25.8 Å². The van der Waals surface area contributed by atoms with Crippen molar-refractivity contribution >= 4 is 11.6 Å². The number of amides is 1. The predicted octanol–water partition coefficient (Wildman–Crippen LogP) is 5.76. The summed E-state index contributed by atoms with van der Waals surface area (Å²) in [6.07, 6.45) is 12.0. The molecule has 0 aliphatic heterocycles. The van der Waals surface area contributed by atoms with E-state index >= 15 is 0 Å². The summed E-state index contributed by atoms with van der Waals surface area (Å²) in [5.41, 5.74) is 5.78. The Bertz CT molecular complexity index is 491. The van der Waals surface area contributed by atoms with Crippen molar-refractivity contribution in [3.8, 4) is 0 Å². The molecule has 1 amide bonds. The van der Waals surface area contributed by atoms with Gasteiger partial charge < -0.3 is 0 Å². The van der Waals surface area contributed by atoms with E-state index in [4.69, 9.17) is 0 Å². The van der Waals surface area contributed by atoms with Crippen LogP contribution in [0.3, 0.4) is 0 Å². The van der Waals surface area contributed by atoms with Crippen LogP contribution in [-0.4, -0.2) is 11.6 Å². The largest absolute Gasteiger partial charge is 0.273 e. The maximum Gasteiger partial charge on any atom is 0.240 e. The zero-order valence-corrected chi connectivity index (χ0v) is 15.7. The van der Waals surface area contributed by atoms with Gasteiger partial charge in [-0.3, -0.25) is 4.79 Å². The number of hydrogen-bond donors (Lipinski definition) is 1. The molecule has 0 bridgehead atoms. The molecule has 0 saturated heterocycles. The highest BCUT2D eigenvalue weighted by molar-refractivity contribution is 5.99. The number of nitrogens with zero attached hydrogens (tertiary/aromatic N) is 1. The lowest BCUT2D eigenvalue weighted by molar-refractivity contribution is -0.121. The Morgan fingerprint density at radius 2 is 1.46 bits per heavy atom. The van der Waals surface area contributed by atoms with Gasteiger partial charge in [0.05, 0.1) is 5.71 Å². The van der Waals surface area contributed by atoms with E-state index in [9.17, 15) is 4.79 Å². The third kappa shape index (κ3) is 9.49. The summed E-state index contributed by atoms with van der Waals surface area (Å²) < 4.78 is 0. The van der Waals surface area contributed by atoms with Gasteiger partial charge in [-0.1, -0.05) is 88.1 Å². The summed E-state index contributed by atoms with van der Waals surface area (Å²) >= 11 is 0. The molecule has 0 aromatic heterocycles. The van der Waals surface area contributed by atoms with E-state index in [2.05, 4.69) is 36.5 Å². The fourth-order valence-electron chi connectivity index (χ4n) is 2.66. The normalized spacial score (nSPS) is 11.5. The first kappa shape index (κ1) is 20.4. The molecule has 0 aliphatic carbocycles. The number of benzene rings is 1. The van der Waals surface area contributed by atoms with Gasteiger partial charge in [0.15, 0.2) is 0 Å². The van der Waals surface area contributed by atoms with Gasteiger partial charge in [0.1, 0.15) is 0 Å². The Labute approximate surface area is 147 Å². The van der Waals surface area contributed by atoms with Gasteiger partial charge in [-0.15, -0.1) is 0 Å². The Balaban J connectivity index is 2.09. The molecule has 0 spiro atoms. The summed E-state index contributed by atoms with van der Waals surface area (Å²) in [6.45, 7) is 6.23. The lowest BCUT2D eigenvalue weighted by Crippen LogP contribution is -2.18. The molecule has 3 nitrogen and oxygen atoms in total. The Morgan fingerprint density at radius 1 is 0.917 bits per heavy atom. The second-order valence-electron chi connectivity index (χ2n) is 6.68. The number of hydrazone groups is 1. The third-order valence-corrected chi connectivity index (χ3v) is 4.33. The van der Waals surface area contributed by atoms with Crippen LogP contribution in [-0.2, 0) is 4.79 Å². The summed E-state index contributed by atoms with van der Waals surface area (Å²) in [5.74, 6) is 0.0180. The average molecular weight is 331 g/mol. The number of nitrogens with one attached hydrogen (secondary N) is 1. The van der Waals surface area contributed by atoms with E-state index in [1.54, 1.807) is 0 Å². The lowest BCUT2D eigenvalue weighted by Gasteiger charge is -2.04. The van der Waals surface area contributed by atoms with Crippen LogP contribution in [0.2, 0.25) is 0 Å². The maximum absolute atomic E-state index is 11.8. The number of carbonyl (C=O) groups excluding carboxylic acids is 1. The van der Waals surface area contributed by atoms with Crippen LogP contribution in [0.25, 0.3) is 0 Å². The van der Waals surface area contributed by atoms with Gasteiger partial charge in [-0.2, -0.15) is 5.10 Å². The van der Waals surface area contributed by atoms with Crippen LogP contribution in [0.1, 0.15) is 89.2 Å². The van der Waals surface area contributed by atoms with Crippen molar-refractivity contribution in [2.24, 2.45) is 5.10 Å². The molecule has 0 heterocycles. The number of aryl methyl sites for hydroxylation is 1. The van der Waals surface area contributed by atoms with Gasteiger partial charge in [0, 0.05) is 6.42 Å². The smallest absolute Gasteiger partial charge is 0.240 e. The van der Waals surface area contributed by atoms with Crippen LogP contribution < -0.4 is 5.43 Å². The van der Waals surface area contributed by atoms with Crippen LogP contribution in [0.4, 0.5) is 0 Å². The molecular weight excluding hydrogens is 296 g/mol. The summed E-state index contributed by atoms with van der Waals surface area (Å²) in [7, 11) is 0. The summed E-state index contributed by atoms with van der Waals surface area (Å²) in [6, 6.07) is 8.17. The second-order valence-corrected chi connectivity index (χ2v) is 6.68. The molecule has 134 valence electrons. The molecule has 1 aromatic rings. The van der Waals surface area contributed by atoms with E-state index < -0.39 is 0 Å². The minimum Gasteiger partial charge on any atom is -0.273 e. The van der Waals surface area contributed by atoms with Crippen molar-refractivity contribution in [1.82, 2.24) is 5.43 Å². The highest BCUT2D eigenvalue weighted by Crippen LogP contribution is 2.10. The van der Waals surface area contributed by atoms with Crippen molar-refractivity contribution in [3.63, 3.8) is 0 Å². The topological polar surface area (TPSA) is 41.5 Å². The molecule has 0 atom stereocenters. The molecule has 0 aliphatic rings. The number of carbonyl (C=O) groups is 1. The zero-order valence-electron chi connectivity index (χ0n) is 15.7. The third-order valence-electron chi connectivity index (χ3n) is 4.33. The first-order valence-electron chi connectivity index (χ1n) is 9.53. The van der Waals surface area contributed by atoms with E-state index in [0.29, 0.717) is 6.42 Å². The minimum atomic E-state index is 0.0180. The molecule has 3 heteroatoms. The van der Waals surface area contributed by atoms with Crippen molar-refractivity contribution in [1.29, 1.82) is 0 Å². The Morgan fingerprint density at radius 3 is 2.04 bits per heavy atom. The Hall–Kier alpha value is -1.64. The molecule has 1 aromatic carbocycles. The fourth-order valence-corrected chi connectivity index (χ4v) is 2.66. The first-order valence-corrected chi connectivity index (χ1v) is 9.53. The number of unbranched alkanes of at least 4 members (excludes halogenated alkanes) is 8.